The van der Waals surface area contributed by atoms with E-state index in [0.29, 0.717) is 18.8 Å². The van der Waals surface area contributed by atoms with Gasteiger partial charge in [0.15, 0.2) is 0 Å². The fourth-order valence-corrected chi connectivity index (χ4v) is 1.65. The van der Waals surface area contributed by atoms with Crippen LogP contribution in [0.3, 0.4) is 0 Å². The molecule has 0 fully saturated rings. The molecule has 1 aromatic rings. The molecule has 0 saturated carbocycles. The minimum atomic E-state index is -0.277. The van der Waals surface area contributed by atoms with Gasteiger partial charge in [-0.1, -0.05) is 18.2 Å². The number of ether oxygens (including phenoxy) is 2. The van der Waals surface area contributed by atoms with Crippen LogP contribution in [-0.4, -0.2) is 19.2 Å². The lowest BCUT2D eigenvalue weighted by Gasteiger charge is -2.12. The van der Waals surface area contributed by atoms with Gasteiger partial charge in [0.1, 0.15) is 5.75 Å². The second-order valence-corrected chi connectivity index (χ2v) is 3.90. The summed E-state index contributed by atoms with van der Waals surface area (Å²) >= 11 is 0. The zero-order chi connectivity index (χ0) is 13.5. The summed E-state index contributed by atoms with van der Waals surface area (Å²) in [5.41, 5.74) is 2.44. The van der Waals surface area contributed by atoms with Crippen LogP contribution >= 0.6 is 0 Å². The number of rotatable bonds is 5. The van der Waals surface area contributed by atoms with Gasteiger partial charge in [-0.05, 0) is 39.3 Å². The lowest BCUT2D eigenvalue weighted by molar-refractivity contribution is -0.138. The minimum Gasteiger partial charge on any atom is -0.493 e. The van der Waals surface area contributed by atoms with E-state index in [1.54, 1.807) is 13.8 Å². The molecule has 0 aliphatic heterocycles. The predicted octanol–water partition coefficient (Wildman–Crippen LogP) is 3.44. The van der Waals surface area contributed by atoms with Crippen LogP contribution < -0.4 is 4.74 Å². The van der Waals surface area contributed by atoms with Gasteiger partial charge in [0, 0.05) is 11.1 Å². The molecular formula is C15H20O3. The van der Waals surface area contributed by atoms with Gasteiger partial charge in [0.2, 0.25) is 0 Å². The van der Waals surface area contributed by atoms with Crippen molar-refractivity contribution in [3.8, 4) is 5.75 Å². The monoisotopic (exact) mass is 248 g/mol. The third-order valence-electron chi connectivity index (χ3n) is 2.74. The maximum Gasteiger partial charge on any atom is 0.333 e. The number of benzene rings is 1. The highest BCUT2D eigenvalue weighted by Gasteiger charge is 2.13. The number of para-hydroxylation sites is 1. The van der Waals surface area contributed by atoms with E-state index in [1.165, 1.54) is 0 Å². The molecule has 0 saturated heterocycles. The van der Waals surface area contributed by atoms with Gasteiger partial charge in [-0.2, -0.15) is 0 Å². The molecule has 18 heavy (non-hydrogen) atoms. The first kappa shape index (κ1) is 14.3. The summed E-state index contributed by atoms with van der Waals surface area (Å²) in [6.45, 7) is 8.40. The number of allylic oxidation sites excluding steroid dienone is 1. The second-order valence-electron chi connectivity index (χ2n) is 3.90. The Kier molecular flexibility index (Phi) is 5.43. The van der Waals surface area contributed by atoms with Crippen LogP contribution in [0.15, 0.2) is 29.8 Å². The van der Waals surface area contributed by atoms with E-state index in [-0.39, 0.29) is 5.97 Å². The molecule has 0 unspecified atom stereocenters. The Morgan fingerprint density at radius 2 is 1.78 bits per heavy atom. The lowest BCUT2D eigenvalue weighted by Crippen LogP contribution is -2.07. The quantitative estimate of drug-likeness (QED) is 0.591. The molecule has 0 aliphatic carbocycles. The van der Waals surface area contributed by atoms with Crippen molar-refractivity contribution in [2.75, 3.05) is 13.2 Å². The first-order chi connectivity index (χ1) is 8.61. The number of esters is 1. The first-order valence-electron chi connectivity index (χ1n) is 6.18. The van der Waals surface area contributed by atoms with Crippen molar-refractivity contribution >= 4 is 11.5 Å². The summed E-state index contributed by atoms with van der Waals surface area (Å²) in [5.74, 6) is 0.516. The first-order valence-corrected chi connectivity index (χ1v) is 6.18. The third-order valence-corrected chi connectivity index (χ3v) is 2.74. The van der Waals surface area contributed by atoms with E-state index in [9.17, 15) is 4.79 Å². The van der Waals surface area contributed by atoms with Crippen LogP contribution in [0.25, 0.3) is 5.57 Å². The molecule has 98 valence electrons. The largest absolute Gasteiger partial charge is 0.493 e. The van der Waals surface area contributed by atoms with Crippen LogP contribution in [0, 0.1) is 0 Å². The topological polar surface area (TPSA) is 35.5 Å². The molecule has 0 amide bonds. The third kappa shape index (κ3) is 3.36. The summed E-state index contributed by atoms with van der Waals surface area (Å²) in [4.78, 5) is 11.7. The SMILES string of the molecule is CCOC(=O)/C(C)=C(/C)c1ccccc1OCC. The van der Waals surface area contributed by atoms with Crippen LogP contribution in [0.2, 0.25) is 0 Å². The Bertz CT molecular complexity index is 447. The number of hydrogen-bond acceptors (Lipinski definition) is 3. The van der Waals surface area contributed by atoms with Crippen LogP contribution in [0.4, 0.5) is 0 Å². The van der Waals surface area contributed by atoms with Crippen molar-refractivity contribution in [3.63, 3.8) is 0 Å². The molecule has 0 spiro atoms. The maximum atomic E-state index is 11.7. The molecule has 0 atom stereocenters. The van der Waals surface area contributed by atoms with Gasteiger partial charge in [0.25, 0.3) is 0 Å². The van der Waals surface area contributed by atoms with Gasteiger partial charge < -0.3 is 9.47 Å². The van der Waals surface area contributed by atoms with E-state index in [4.69, 9.17) is 9.47 Å². The summed E-state index contributed by atoms with van der Waals surface area (Å²) in [5, 5.41) is 0. The lowest BCUT2D eigenvalue weighted by atomic mass is 10.0. The van der Waals surface area contributed by atoms with Gasteiger partial charge in [-0.25, -0.2) is 4.79 Å². The molecule has 0 radical (unpaired) electrons. The van der Waals surface area contributed by atoms with E-state index in [1.807, 2.05) is 38.1 Å². The van der Waals surface area contributed by atoms with Crippen LogP contribution in [0.5, 0.6) is 5.75 Å². The number of hydrogen-bond donors (Lipinski definition) is 0. The maximum absolute atomic E-state index is 11.7. The fourth-order valence-electron chi connectivity index (χ4n) is 1.65. The minimum absolute atomic E-state index is 0.277. The average molecular weight is 248 g/mol. The highest BCUT2D eigenvalue weighted by atomic mass is 16.5. The summed E-state index contributed by atoms with van der Waals surface area (Å²) < 4.78 is 10.6. The van der Waals surface area contributed by atoms with E-state index >= 15 is 0 Å². The Morgan fingerprint density at radius 3 is 2.39 bits per heavy atom. The van der Waals surface area contributed by atoms with E-state index in [0.717, 1.165) is 16.9 Å². The Hall–Kier alpha value is -1.77. The molecule has 1 rings (SSSR count). The molecule has 0 bridgehead atoms. The zero-order valence-corrected chi connectivity index (χ0v) is 11.4. The van der Waals surface area contributed by atoms with Gasteiger partial charge >= 0.3 is 5.97 Å². The molecular weight excluding hydrogens is 228 g/mol. The normalized spacial score (nSPS) is 11.8. The Morgan fingerprint density at radius 1 is 1.11 bits per heavy atom. The second kappa shape index (κ2) is 6.84. The molecule has 0 heterocycles. The highest BCUT2D eigenvalue weighted by Crippen LogP contribution is 2.28. The molecule has 3 heteroatoms. The van der Waals surface area contributed by atoms with Gasteiger partial charge in [-0.15, -0.1) is 0 Å². The number of carbonyl (C=O) groups excluding carboxylic acids is 1. The van der Waals surface area contributed by atoms with Crippen molar-refractivity contribution in [2.24, 2.45) is 0 Å². The van der Waals surface area contributed by atoms with Gasteiger partial charge in [-0.3, -0.25) is 0 Å². The molecule has 3 nitrogen and oxygen atoms in total. The summed E-state index contributed by atoms with van der Waals surface area (Å²) in [6.07, 6.45) is 0. The summed E-state index contributed by atoms with van der Waals surface area (Å²) in [7, 11) is 0. The number of carbonyl (C=O) groups is 1. The van der Waals surface area contributed by atoms with E-state index < -0.39 is 0 Å². The molecule has 0 aromatic heterocycles. The molecule has 1 aromatic carbocycles. The van der Waals surface area contributed by atoms with Crippen LogP contribution in [0.1, 0.15) is 33.3 Å². The Balaban J connectivity index is 3.12. The average Bonchev–Trinajstić information content (AvgIpc) is 2.38. The van der Waals surface area contributed by atoms with Crippen molar-refractivity contribution in [1.82, 2.24) is 0 Å². The summed E-state index contributed by atoms with van der Waals surface area (Å²) in [6, 6.07) is 7.70. The smallest absolute Gasteiger partial charge is 0.333 e. The van der Waals surface area contributed by atoms with Crippen molar-refractivity contribution in [3.05, 3.63) is 35.4 Å². The van der Waals surface area contributed by atoms with E-state index in [2.05, 4.69) is 0 Å². The molecule has 0 aliphatic rings. The van der Waals surface area contributed by atoms with Crippen molar-refractivity contribution < 1.29 is 14.3 Å². The highest BCUT2D eigenvalue weighted by molar-refractivity contribution is 5.97. The predicted molar refractivity (Wildman–Crippen MR) is 72.5 cm³/mol. The molecule has 0 N–H and O–H groups in total. The van der Waals surface area contributed by atoms with Crippen LogP contribution in [-0.2, 0) is 9.53 Å². The fraction of sp³-hybridized carbons (Fsp3) is 0.400. The zero-order valence-electron chi connectivity index (χ0n) is 11.4. The van der Waals surface area contributed by atoms with Gasteiger partial charge in [0.05, 0.1) is 13.2 Å². The standard InChI is InChI=1S/C15H20O3/c1-5-17-14-10-8-7-9-13(14)11(3)12(4)15(16)18-6-2/h7-10H,5-6H2,1-4H3/b12-11-. The van der Waals surface area contributed by atoms with Crippen molar-refractivity contribution in [1.29, 1.82) is 0 Å². The van der Waals surface area contributed by atoms with Crippen molar-refractivity contribution in [2.45, 2.75) is 27.7 Å². The Labute approximate surface area is 108 Å².